The summed E-state index contributed by atoms with van der Waals surface area (Å²) < 4.78 is 6.26. The van der Waals surface area contributed by atoms with Crippen molar-refractivity contribution < 1.29 is 4.74 Å². The third-order valence-electron chi connectivity index (χ3n) is 1.44. The smallest absolute Gasteiger partial charge is 0.135 e. The minimum atomic E-state index is 0.510. The lowest BCUT2D eigenvalue weighted by atomic mass is 10.3. The number of halogens is 3. The number of benzene rings is 1. The SMILES string of the molecule is CCCOc1cc(Cl)c(Cl)cc1Br. The van der Waals surface area contributed by atoms with Gasteiger partial charge in [-0.25, -0.2) is 0 Å². The molecule has 0 saturated heterocycles. The highest BCUT2D eigenvalue weighted by atomic mass is 79.9. The summed E-state index contributed by atoms with van der Waals surface area (Å²) in [4.78, 5) is 0. The third-order valence-corrected chi connectivity index (χ3v) is 2.78. The molecule has 0 aromatic heterocycles. The topological polar surface area (TPSA) is 9.23 Å². The van der Waals surface area contributed by atoms with E-state index in [1.54, 1.807) is 12.1 Å². The van der Waals surface area contributed by atoms with Gasteiger partial charge in [-0.1, -0.05) is 30.1 Å². The van der Waals surface area contributed by atoms with Gasteiger partial charge in [-0.05, 0) is 28.4 Å². The van der Waals surface area contributed by atoms with Gasteiger partial charge in [-0.2, -0.15) is 0 Å². The van der Waals surface area contributed by atoms with Crippen molar-refractivity contribution in [3.63, 3.8) is 0 Å². The second-order valence-corrected chi connectivity index (χ2v) is 4.21. The van der Waals surface area contributed by atoms with E-state index >= 15 is 0 Å². The lowest BCUT2D eigenvalue weighted by Gasteiger charge is -2.07. The van der Waals surface area contributed by atoms with Crippen LogP contribution in [0.1, 0.15) is 13.3 Å². The highest BCUT2D eigenvalue weighted by Crippen LogP contribution is 2.34. The van der Waals surface area contributed by atoms with Crippen LogP contribution in [-0.2, 0) is 0 Å². The molecule has 0 heterocycles. The van der Waals surface area contributed by atoms with Crippen molar-refractivity contribution in [1.29, 1.82) is 0 Å². The molecule has 0 unspecified atom stereocenters. The molecule has 0 atom stereocenters. The zero-order valence-electron chi connectivity index (χ0n) is 7.11. The first-order valence-corrected chi connectivity index (χ1v) is 5.47. The molecule has 1 aromatic rings. The molecule has 0 aliphatic heterocycles. The van der Waals surface area contributed by atoms with Crippen LogP contribution in [0.25, 0.3) is 0 Å². The molecule has 72 valence electrons. The maximum Gasteiger partial charge on any atom is 0.135 e. The van der Waals surface area contributed by atoms with Gasteiger partial charge in [-0.15, -0.1) is 0 Å². The van der Waals surface area contributed by atoms with Crippen LogP contribution in [-0.4, -0.2) is 6.61 Å². The summed E-state index contributed by atoms with van der Waals surface area (Å²) in [5, 5.41) is 1.04. The summed E-state index contributed by atoms with van der Waals surface area (Å²) >= 11 is 15.0. The van der Waals surface area contributed by atoms with Crippen LogP contribution in [0, 0.1) is 0 Å². The van der Waals surface area contributed by atoms with Crippen molar-refractivity contribution in [1.82, 2.24) is 0 Å². The lowest BCUT2D eigenvalue weighted by molar-refractivity contribution is 0.315. The molecule has 0 spiro atoms. The van der Waals surface area contributed by atoms with E-state index < -0.39 is 0 Å². The lowest BCUT2D eigenvalue weighted by Crippen LogP contribution is -1.95. The third kappa shape index (κ3) is 3.04. The maximum atomic E-state index is 5.83. The second kappa shape index (κ2) is 5.08. The molecule has 0 N–H and O–H groups in total. The van der Waals surface area contributed by atoms with Crippen LogP contribution < -0.4 is 4.74 Å². The van der Waals surface area contributed by atoms with Crippen molar-refractivity contribution in [3.8, 4) is 5.75 Å². The van der Waals surface area contributed by atoms with Crippen molar-refractivity contribution >= 4 is 39.1 Å². The molecule has 0 saturated carbocycles. The van der Waals surface area contributed by atoms with Crippen LogP contribution in [0.4, 0.5) is 0 Å². The molecule has 13 heavy (non-hydrogen) atoms. The molecule has 0 aliphatic carbocycles. The summed E-state index contributed by atoms with van der Waals surface area (Å²) in [6.45, 7) is 2.72. The van der Waals surface area contributed by atoms with Crippen molar-refractivity contribution in [2.75, 3.05) is 6.61 Å². The Bertz CT molecular complexity index is 302. The normalized spacial score (nSPS) is 10.2. The zero-order valence-corrected chi connectivity index (χ0v) is 10.2. The quantitative estimate of drug-likeness (QED) is 0.740. The maximum absolute atomic E-state index is 5.83. The predicted octanol–water partition coefficient (Wildman–Crippen LogP) is 4.54. The van der Waals surface area contributed by atoms with Crippen molar-refractivity contribution in [2.45, 2.75) is 13.3 Å². The molecule has 0 radical (unpaired) electrons. The monoisotopic (exact) mass is 282 g/mol. The Kier molecular flexibility index (Phi) is 4.36. The van der Waals surface area contributed by atoms with E-state index in [1.165, 1.54) is 0 Å². The van der Waals surface area contributed by atoms with Gasteiger partial charge < -0.3 is 4.74 Å². The fourth-order valence-corrected chi connectivity index (χ4v) is 1.73. The molecule has 0 aliphatic rings. The summed E-state index contributed by atoms with van der Waals surface area (Å²) in [7, 11) is 0. The minimum Gasteiger partial charge on any atom is -0.492 e. The Labute approximate surface area is 96.1 Å². The average molecular weight is 284 g/mol. The standard InChI is InChI=1S/C9H9BrCl2O/c1-2-3-13-9-5-8(12)7(11)4-6(9)10/h4-5H,2-3H2,1H3. The Morgan fingerprint density at radius 3 is 2.54 bits per heavy atom. The number of hydrogen-bond donors (Lipinski definition) is 0. The Hall–Kier alpha value is 0.0800. The second-order valence-electron chi connectivity index (χ2n) is 2.55. The average Bonchev–Trinajstić information content (AvgIpc) is 2.09. The van der Waals surface area contributed by atoms with Gasteiger partial charge in [0, 0.05) is 6.07 Å². The Morgan fingerprint density at radius 2 is 1.92 bits per heavy atom. The van der Waals surface area contributed by atoms with Gasteiger partial charge in [0.25, 0.3) is 0 Å². The van der Waals surface area contributed by atoms with Crippen LogP contribution in [0.15, 0.2) is 16.6 Å². The Morgan fingerprint density at radius 1 is 1.31 bits per heavy atom. The molecule has 4 heteroatoms. The summed E-state index contributed by atoms with van der Waals surface area (Å²) in [6.07, 6.45) is 0.965. The first-order chi connectivity index (χ1) is 6.15. The van der Waals surface area contributed by atoms with Gasteiger partial charge in [0.05, 0.1) is 21.1 Å². The van der Waals surface area contributed by atoms with Gasteiger partial charge >= 0.3 is 0 Å². The molecule has 0 fully saturated rings. The molecule has 0 bridgehead atoms. The highest BCUT2D eigenvalue weighted by Gasteiger charge is 2.05. The largest absolute Gasteiger partial charge is 0.492 e. The van der Waals surface area contributed by atoms with Gasteiger partial charge in [0.1, 0.15) is 5.75 Å². The predicted molar refractivity (Wildman–Crippen MR) is 59.9 cm³/mol. The number of hydrogen-bond acceptors (Lipinski definition) is 1. The molecular formula is C9H9BrCl2O. The fourth-order valence-electron chi connectivity index (χ4n) is 0.827. The van der Waals surface area contributed by atoms with E-state index in [0.717, 1.165) is 16.6 Å². The van der Waals surface area contributed by atoms with Gasteiger partial charge in [0.2, 0.25) is 0 Å². The van der Waals surface area contributed by atoms with E-state index in [2.05, 4.69) is 15.9 Å². The molecule has 1 rings (SSSR count). The van der Waals surface area contributed by atoms with E-state index in [1.807, 2.05) is 6.92 Å². The summed E-state index contributed by atoms with van der Waals surface area (Å²) in [5.74, 6) is 0.733. The van der Waals surface area contributed by atoms with Crippen LogP contribution in [0.2, 0.25) is 10.0 Å². The first kappa shape index (κ1) is 11.2. The van der Waals surface area contributed by atoms with Crippen molar-refractivity contribution in [2.24, 2.45) is 0 Å². The molecule has 1 aromatic carbocycles. The van der Waals surface area contributed by atoms with E-state index in [-0.39, 0.29) is 0 Å². The van der Waals surface area contributed by atoms with E-state index in [4.69, 9.17) is 27.9 Å². The van der Waals surface area contributed by atoms with Crippen LogP contribution >= 0.6 is 39.1 Å². The van der Waals surface area contributed by atoms with E-state index in [0.29, 0.717) is 16.7 Å². The zero-order chi connectivity index (χ0) is 9.84. The number of ether oxygens (including phenoxy) is 1. The van der Waals surface area contributed by atoms with Crippen molar-refractivity contribution in [3.05, 3.63) is 26.7 Å². The fraction of sp³-hybridized carbons (Fsp3) is 0.333. The summed E-state index contributed by atoms with van der Waals surface area (Å²) in [6, 6.07) is 3.44. The van der Waals surface area contributed by atoms with Gasteiger partial charge in [-0.3, -0.25) is 0 Å². The molecule has 1 nitrogen and oxygen atoms in total. The molecule has 0 amide bonds. The highest BCUT2D eigenvalue weighted by molar-refractivity contribution is 9.10. The minimum absolute atomic E-state index is 0.510. The number of rotatable bonds is 3. The van der Waals surface area contributed by atoms with Crippen LogP contribution in [0.5, 0.6) is 5.75 Å². The molecular weight excluding hydrogens is 275 g/mol. The van der Waals surface area contributed by atoms with E-state index in [9.17, 15) is 0 Å². The first-order valence-electron chi connectivity index (χ1n) is 3.92. The Balaban J connectivity index is 2.88. The van der Waals surface area contributed by atoms with Gasteiger partial charge in [0.15, 0.2) is 0 Å². The van der Waals surface area contributed by atoms with Crippen LogP contribution in [0.3, 0.4) is 0 Å². The summed E-state index contributed by atoms with van der Waals surface area (Å²) in [5.41, 5.74) is 0.